The molecule has 1 atom stereocenters. The largest absolute Gasteiger partial charge is 0.497 e. The van der Waals surface area contributed by atoms with E-state index in [0.717, 1.165) is 52.3 Å². The molecule has 0 radical (unpaired) electrons. The number of H-pyrrole nitrogens is 2. The number of fused-ring (bicyclic) bond motifs is 2. The van der Waals surface area contributed by atoms with Crippen LogP contribution >= 0.6 is 0 Å². The second kappa shape index (κ2) is 9.51. The number of methoxy groups -OCH3 is 1. The van der Waals surface area contributed by atoms with E-state index in [4.69, 9.17) is 9.72 Å². The average Bonchev–Trinajstić information content (AvgIpc) is 3.52. The highest BCUT2D eigenvalue weighted by atomic mass is 16.5. The molecule has 8 heteroatoms. The third-order valence-corrected chi connectivity index (χ3v) is 7.74. The van der Waals surface area contributed by atoms with Gasteiger partial charge in [0.15, 0.2) is 5.82 Å². The molecule has 2 aromatic heterocycles. The Morgan fingerprint density at radius 2 is 1.91 bits per heavy atom. The number of anilines is 1. The molecule has 0 aliphatic carbocycles. The topological polar surface area (TPSA) is 85.1 Å². The van der Waals surface area contributed by atoms with Gasteiger partial charge in [-0.1, -0.05) is 6.92 Å². The fourth-order valence-corrected chi connectivity index (χ4v) is 5.72. The van der Waals surface area contributed by atoms with E-state index in [-0.39, 0.29) is 0 Å². The number of hydrogen-bond donors (Lipinski definition) is 3. The molecule has 1 unspecified atom stereocenters. The van der Waals surface area contributed by atoms with Crippen molar-refractivity contribution < 1.29 is 4.74 Å². The quantitative estimate of drug-likeness (QED) is 0.390. The van der Waals surface area contributed by atoms with Crippen LogP contribution in [0.2, 0.25) is 0 Å². The van der Waals surface area contributed by atoms with E-state index >= 15 is 0 Å². The van der Waals surface area contributed by atoms with E-state index in [9.17, 15) is 0 Å². The Labute approximate surface area is 206 Å². The summed E-state index contributed by atoms with van der Waals surface area (Å²) in [6.45, 7) is 8.06. The number of aromatic amines is 2. The standard InChI is InChI=1S/C27H35N7O/c1-3-33-12-4-5-19(17-33)28-18-10-13-34(14-11-18)20-6-8-24-25(15-20)30-27(29-24)26-22-16-21(35-2)7-9-23(22)31-32-26/h6-9,15-16,18-19,28H,3-5,10-14,17H2,1-2H3,(H,29,30)(H,31,32). The highest BCUT2D eigenvalue weighted by Gasteiger charge is 2.25. The summed E-state index contributed by atoms with van der Waals surface area (Å²) in [5.74, 6) is 1.58. The van der Waals surface area contributed by atoms with Crippen LogP contribution < -0.4 is 15.0 Å². The van der Waals surface area contributed by atoms with Crippen LogP contribution in [0, 0.1) is 0 Å². The highest BCUT2D eigenvalue weighted by Crippen LogP contribution is 2.30. The lowest BCUT2D eigenvalue weighted by Crippen LogP contribution is -2.52. The summed E-state index contributed by atoms with van der Waals surface area (Å²) in [5, 5.41) is 12.6. The normalized spacial score (nSPS) is 20.2. The number of nitrogens with zero attached hydrogens (tertiary/aromatic N) is 4. The molecular weight excluding hydrogens is 438 g/mol. The maximum absolute atomic E-state index is 5.40. The van der Waals surface area contributed by atoms with Gasteiger partial charge in [0.05, 0.1) is 23.7 Å². The molecule has 8 nitrogen and oxygen atoms in total. The lowest BCUT2D eigenvalue weighted by atomic mass is 9.99. The van der Waals surface area contributed by atoms with Gasteiger partial charge >= 0.3 is 0 Å². The van der Waals surface area contributed by atoms with E-state index in [1.54, 1.807) is 7.11 Å². The third kappa shape index (κ3) is 4.48. The molecule has 184 valence electrons. The van der Waals surface area contributed by atoms with Crippen molar-refractivity contribution in [3.05, 3.63) is 36.4 Å². The predicted octanol–water partition coefficient (Wildman–Crippen LogP) is 4.16. The summed E-state index contributed by atoms with van der Waals surface area (Å²) >= 11 is 0. The fraction of sp³-hybridized carbons (Fsp3) is 0.481. The number of piperidine rings is 2. The first-order valence-electron chi connectivity index (χ1n) is 13.0. The van der Waals surface area contributed by atoms with Gasteiger partial charge in [0.1, 0.15) is 11.4 Å². The molecule has 3 N–H and O–H groups in total. The van der Waals surface area contributed by atoms with Crippen molar-refractivity contribution in [1.82, 2.24) is 30.4 Å². The highest BCUT2D eigenvalue weighted by molar-refractivity contribution is 5.94. The van der Waals surface area contributed by atoms with Gasteiger partial charge < -0.3 is 24.8 Å². The van der Waals surface area contributed by atoms with Crippen LogP contribution in [-0.2, 0) is 0 Å². The first kappa shape index (κ1) is 22.4. The number of benzene rings is 2. The summed E-state index contributed by atoms with van der Waals surface area (Å²) in [6.07, 6.45) is 5.01. The van der Waals surface area contributed by atoms with Crippen molar-refractivity contribution in [2.45, 2.75) is 44.7 Å². The molecule has 6 rings (SSSR count). The first-order valence-corrected chi connectivity index (χ1v) is 13.0. The monoisotopic (exact) mass is 473 g/mol. The second-order valence-corrected chi connectivity index (χ2v) is 9.93. The molecule has 0 bridgehead atoms. The van der Waals surface area contributed by atoms with Gasteiger partial charge in [0.2, 0.25) is 0 Å². The third-order valence-electron chi connectivity index (χ3n) is 7.74. The van der Waals surface area contributed by atoms with Crippen molar-refractivity contribution in [2.75, 3.05) is 44.7 Å². The number of rotatable bonds is 6. The minimum atomic E-state index is 0.625. The lowest BCUT2D eigenvalue weighted by Gasteiger charge is -2.38. The van der Waals surface area contributed by atoms with Crippen molar-refractivity contribution in [3.8, 4) is 17.3 Å². The Bertz CT molecular complexity index is 1300. The smallest absolute Gasteiger partial charge is 0.159 e. The zero-order valence-electron chi connectivity index (χ0n) is 20.7. The average molecular weight is 474 g/mol. The number of nitrogens with one attached hydrogen (secondary N) is 3. The molecule has 2 saturated heterocycles. The molecule has 2 aliphatic rings. The molecular formula is C27H35N7O. The predicted molar refractivity (Wildman–Crippen MR) is 141 cm³/mol. The Balaban J connectivity index is 1.15. The molecule has 2 aliphatic heterocycles. The number of aromatic nitrogens is 4. The molecule has 4 aromatic rings. The van der Waals surface area contributed by atoms with E-state index in [2.05, 4.69) is 55.4 Å². The Hall–Kier alpha value is -3.10. The molecule has 0 amide bonds. The number of hydrogen-bond acceptors (Lipinski definition) is 6. The number of likely N-dealkylation sites (tertiary alicyclic amines) is 1. The Morgan fingerprint density at radius 1 is 1.03 bits per heavy atom. The fourth-order valence-electron chi connectivity index (χ4n) is 5.72. The maximum atomic E-state index is 5.40. The van der Waals surface area contributed by atoms with Crippen LogP contribution in [0.1, 0.15) is 32.6 Å². The maximum Gasteiger partial charge on any atom is 0.159 e. The van der Waals surface area contributed by atoms with E-state index in [1.807, 2.05) is 18.2 Å². The number of imidazole rings is 1. The minimum Gasteiger partial charge on any atom is -0.497 e. The SMILES string of the molecule is CCN1CCCC(NC2CCN(c3ccc4nc(-c5n[nH]c6ccc(OC)cc56)[nH]c4c3)CC2)C1. The van der Waals surface area contributed by atoms with Gasteiger partial charge in [0.25, 0.3) is 0 Å². The number of likely N-dealkylation sites (N-methyl/N-ethyl adjacent to an activating group) is 1. The van der Waals surface area contributed by atoms with Crippen LogP contribution in [0.4, 0.5) is 5.69 Å². The molecule has 0 spiro atoms. The zero-order valence-corrected chi connectivity index (χ0v) is 20.7. The van der Waals surface area contributed by atoms with Crippen LogP contribution in [0.3, 0.4) is 0 Å². The molecule has 35 heavy (non-hydrogen) atoms. The summed E-state index contributed by atoms with van der Waals surface area (Å²) in [7, 11) is 1.68. The van der Waals surface area contributed by atoms with Crippen LogP contribution in [0.25, 0.3) is 33.5 Å². The van der Waals surface area contributed by atoms with Gasteiger partial charge in [-0.15, -0.1) is 0 Å². The van der Waals surface area contributed by atoms with Crippen molar-refractivity contribution in [1.29, 1.82) is 0 Å². The van der Waals surface area contributed by atoms with Crippen molar-refractivity contribution in [2.24, 2.45) is 0 Å². The number of ether oxygens (including phenoxy) is 1. The van der Waals surface area contributed by atoms with Gasteiger partial charge in [0, 0.05) is 42.8 Å². The van der Waals surface area contributed by atoms with Gasteiger partial charge in [-0.05, 0) is 75.2 Å². The van der Waals surface area contributed by atoms with Gasteiger partial charge in [-0.3, -0.25) is 5.10 Å². The van der Waals surface area contributed by atoms with Crippen LogP contribution in [0.15, 0.2) is 36.4 Å². The summed E-state index contributed by atoms with van der Waals surface area (Å²) in [5.41, 5.74) is 5.03. The Morgan fingerprint density at radius 3 is 2.74 bits per heavy atom. The minimum absolute atomic E-state index is 0.625. The first-order chi connectivity index (χ1) is 17.2. The van der Waals surface area contributed by atoms with Crippen LogP contribution in [0.5, 0.6) is 5.75 Å². The summed E-state index contributed by atoms with van der Waals surface area (Å²) in [6, 6.07) is 13.7. The van der Waals surface area contributed by atoms with E-state index in [0.29, 0.717) is 12.1 Å². The van der Waals surface area contributed by atoms with Gasteiger partial charge in [-0.2, -0.15) is 5.10 Å². The van der Waals surface area contributed by atoms with Crippen LogP contribution in [-0.4, -0.2) is 77.0 Å². The lowest BCUT2D eigenvalue weighted by molar-refractivity contribution is 0.185. The summed E-state index contributed by atoms with van der Waals surface area (Å²) < 4.78 is 5.40. The van der Waals surface area contributed by atoms with Gasteiger partial charge in [-0.25, -0.2) is 4.98 Å². The molecule has 2 aromatic carbocycles. The second-order valence-electron chi connectivity index (χ2n) is 9.93. The Kier molecular flexibility index (Phi) is 6.08. The van der Waals surface area contributed by atoms with Crippen molar-refractivity contribution >= 4 is 27.6 Å². The molecule has 4 heterocycles. The summed E-state index contributed by atoms with van der Waals surface area (Å²) in [4.78, 5) is 13.4. The zero-order chi connectivity index (χ0) is 23.8. The molecule has 2 fully saturated rings. The van der Waals surface area contributed by atoms with Crippen molar-refractivity contribution in [3.63, 3.8) is 0 Å². The molecule has 0 saturated carbocycles. The van der Waals surface area contributed by atoms with E-state index < -0.39 is 0 Å². The van der Waals surface area contributed by atoms with E-state index in [1.165, 1.54) is 51.0 Å².